The molecule has 1 saturated heterocycles. The van der Waals surface area contributed by atoms with Crippen molar-refractivity contribution in [3.8, 4) is 0 Å². The Morgan fingerprint density at radius 1 is 1.21 bits per heavy atom. The van der Waals surface area contributed by atoms with E-state index in [1.807, 2.05) is 48.2 Å². The fraction of sp³-hybridized carbons (Fsp3) is 0.389. The molecule has 1 aromatic heterocycles. The third-order valence-corrected chi connectivity index (χ3v) is 4.48. The number of nitrogens with zero attached hydrogens (tertiary/aromatic N) is 4. The maximum Gasteiger partial charge on any atom is 0.321 e. The first-order valence-corrected chi connectivity index (χ1v) is 8.26. The lowest BCUT2D eigenvalue weighted by molar-refractivity contribution is 0.194. The number of aryl methyl sites for hydroxylation is 1. The second-order valence-corrected chi connectivity index (χ2v) is 6.14. The van der Waals surface area contributed by atoms with Gasteiger partial charge in [-0.1, -0.05) is 18.2 Å². The molecule has 2 aromatic rings. The van der Waals surface area contributed by atoms with Crippen molar-refractivity contribution in [1.29, 1.82) is 0 Å². The molecule has 0 atom stereocenters. The molecule has 6 heteroatoms. The molecule has 0 unspecified atom stereocenters. The SMILES string of the molecule is Cc1cc(N(C)C2CCN(C(=O)Nc3ccccc3)CC2)ncn1. The third kappa shape index (κ3) is 3.82. The molecule has 1 aliphatic heterocycles. The fourth-order valence-corrected chi connectivity index (χ4v) is 3.00. The summed E-state index contributed by atoms with van der Waals surface area (Å²) in [7, 11) is 2.06. The number of amides is 2. The van der Waals surface area contributed by atoms with Crippen molar-refractivity contribution in [2.24, 2.45) is 0 Å². The minimum absolute atomic E-state index is 0.0276. The van der Waals surface area contributed by atoms with Crippen LogP contribution in [-0.2, 0) is 0 Å². The van der Waals surface area contributed by atoms with E-state index in [1.54, 1.807) is 6.33 Å². The Labute approximate surface area is 142 Å². The van der Waals surface area contributed by atoms with Crippen LogP contribution in [0.4, 0.5) is 16.3 Å². The Morgan fingerprint density at radius 2 is 1.92 bits per heavy atom. The van der Waals surface area contributed by atoms with E-state index < -0.39 is 0 Å². The van der Waals surface area contributed by atoms with Crippen LogP contribution in [0.15, 0.2) is 42.7 Å². The summed E-state index contributed by atoms with van der Waals surface area (Å²) in [6, 6.07) is 11.9. The summed E-state index contributed by atoms with van der Waals surface area (Å²) in [5.41, 5.74) is 1.80. The highest BCUT2D eigenvalue weighted by molar-refractivity contribution is 5.89. The number of benzene rings is 1. The molecule has 0 bridgehead atoms. The highest BCUT2D eigenvalue weighted by Gasteiger charge is 2.26. The predicted octanol–water partition coefficient (Wildman–Crippen LogP) is 2.92. The Hall–Kier alpha value is -2.63. The number of nitrogens with one attached hydrogen (secondary N) is 1. The number of hydrogen-bond acceptors (Lipinski definition) is 4. The van der Waals surface area contributed by atoms with Crippen LogP contribution >= 0.6 is 0 Å². The van der Waals surface area contributed by atoms with Crippen LogP contribution in [-0.4, -0.2) is 47.1 Å². The molecule has 126 valence electrons. The van der Waals surface area contributed by atoms with Gasteiger partial charge in [-0.15, -0.1) is 0 Å². The van der Waals surface area contributed by atoms with Crippen LogP contribution in [0.2, 0.25) is 0 Å². The summed E-state index contributed by atoms with van der Waals surface area (Å²) >= 11 is 0. The lowest BCUT2D eigenvalue weighted by Gasteiger charge is -2.37. The maximum absolute atomic E-state index is 12.3. The highest BCUT2D eigenvalue weighted by Crippen LogP contribution is 2.21. The Balaban J connectivity index is 1.54. The summed E-state index contributed by atoms with van der Waals surface area (Å²) in [6.45, 7) is 3.46. The topological polar surface area (TPSA) is 61.4 Å². The zero-order chi connectivity index (χ0) is 16.9. The molecule has 3 rings (SSSR count). The van der Waals surface area contributed by atoms with E-state index in [0.717, 1.165) is 43.1 Å². The molecular formula is C18H23N5O. The second kappa shape index (κ2) is 7.29. The molecule has 24 heavy (non-hydrogen) atoms. The van der Waals surface area contributed by atoms with E-state index in [9.17, 15) is 4.79 Å². The molecule has 6 nitrogen and oxygen atoms in total. The van der Waals surface area contributed by atoms with Crippen LogP contribution in [0.5, 0.6) is 0 Å². The first-order valence-electron chi connectivity index (χ1n) is 8.26. The van der Waals surface area contributed by atoms with Crippen LogP contribution in [0.1, 0.15) is 18.5 Å². The van der Waals surface area contributed by atoms with Crippen LogP contribution in [0.3, 0.4) is 0 Å². The van der Waals surface area contributed by atoms with Gasteiger partial charge in [0.05, 0.1) is 0 Å². The molecule has 2 heterocycles. The van der Waals surface area contributed by atoms with E-state index in [1.165, 1.54) is 0 Å². The number of hydrogen-bond donors (Lipinski definition) is 1. The molecule has 0 radical (unpaired) electrons. The molecule has 0 spiro atoms. The molecule has 1 N–H and O–H groups in total. The second-order valence-electron chi connectivity index (χ2n) is 6.14. The first kappa shape index (κ1) is 16.2. The Morgan fingerprint density at radius 3 is 2.58 bits per heavy atom. The van der Waals surface area contributed by atoms with Crippen molar-refractivity contribution < 1.29 is 4.79 Å². The van der Waals surface area contributed by atoms with Gasteiger partial charge >= 0.3 is 6.03 Å². The summed E-state index contributed by atoms with van der Waals surface area (Å²) in [4.78, 5) is 24.9. The van der Waals surface area contributed by atoms with Gasteiger partial charge in [-0.25, -0.2) is 14.8 Å². The van der Waals surface area contributed by atoms with Gasteiger partial charge in [0.15, 0.2) is 0 Å². The standard InChI is InChI=1S/C18H23N5O/c1-14-12-17(20-13-19-14)22(2)16-8-10-23(11-9-16)18(24)21-15-6-4-3-5-7-15/h3-7,12-13,16H,8-11H2,1-2H3,(H,21,24). The van der Waals surface area contributed by atoms with Gasteiger partial charge in [-0.3, -0.25) is 0 Å². The number of rotatable bonds is 3. The van der Waals surface area contributed by atoms with E-state index in [4.69, 9.17) is 0 Å². The molecule has 2 amide bonds. The summed E-state index contributed by atoms with van der Waals surface area (Å²) in [5, 5.41) is 2.95. The number of carbonyl (C=O) groups excluding carboxylic acids is 1. The Bertz CT molecular complexity index is 683. The van der Waals surface area contributed by atoms with E-state index >= 15 is 0 Å². The van der Waals surface area contributed by atoms with Crippen LogP contribution in [0.25, 0.3) is 0 Å². The van der Waals surface area contributed by atoms with E-state index in [-0.39, 0.29) is 6.03 Å². The summed E-state index contributed by atoms with van der Waals surface area (Å²) in [6.07, 6.45) is 3.47. The average Bonchev–Trinajstić information content (AvgIpc) is 2.62. The van der Waals surface area contributed by atoms with E-state index in [0.29, 0.717) is 6.04 Å². The quantitative estimate of drug-likeness (QED) is 0.942. The molecule has 1 aliphatic rings. The van der Waals surface area contributed by atoms with Crippen molar-refractivity contribution in [2.75, 3.05) is 30.4 Å². The summed E-state index contributed by atoms with van der Waals surface area (Å²) in [5.74, 6) is 0.940. The monoisotopic (exact) mass is 325 g/mol. The predicted molar refractivity (Wildman–Crippen MR) is 95.2 cm³/mol. The van der Waals surface area contributed by atoms with Gasteiger partial charge in [-0.2, -0.15) is 0 Å². The van der Waals surface area contributed by atoms with Crippen molar-refractivity contribution in [2.45, 2.75) is 25.8 Å². The number of anilines is 2. The molecular weight excluding hydrogens is 302 g/mol. The highest BCUT2D eigenvalue weighted by atomic mass is 16.2. The van der Waals surface area contributed by atoms with Crippen molar-refractivity contribution in [3.63, 3.8) is 0 Å². The number of urea groups is 1. The van der Waals surface area contributed by atoms with Gasteiger partial charge in [0.25, 0.3) is 0 Å². The van der Waals surface area contributed by atoms with Gasteiger partial charge in [0.1, 0.15) is 12.1 Å². The lowest BCUT2D eigenvalue weighted by Crippen LogP contribution is -2.47. The van der Waals surface area contributed by atoms with Gasteiger partial charge < -0.3 is 15.1 Å². The zero-order valence-corrected chi connectivity index (χ0v) is 14.1. The van der Waals surface area contributed by atoms with Gasteiger partial charge in [-0.05, 0) is 31.9 Å². The van der Waals surface area contributed by atoms with Gasteiger partial charge in [0, 0.05) is 43.6 Å². The molecule has 0 saturated carbocycles. The number of carbonyl (C=O) groups is 1. The molecule has 1 aromatic carbocycles. The largest absolute Gasteiger partial charge is 0.356 e. The molecule has 0 aliphatic carbocycles. The zero-order valence-electron chi connectivity index (χ0n) is 14.1. The summed E-state index contributed by atoms with van der Waals surface area (Å²) < 4.78 is 0. The molecule has 1 fully saturated rings. The minimum Gasteiger partial charge on any atom is -0.356 e. The average molecular weight is 325 g/mol. The smallest absolute Gasteiger partial charge is 0.321 e. The third-order valence-electron chi connectivity index (χ3n) is 4.48. The van der Waals surface area contributed by atoms with Crippen molar-refractivity contribution in [1.82, 2.24) is 14.9 Å². The minimum atomic E-state index is -0.0276. The van der Waals surface area contributed by atoms with Crippen molar-refractivity contribution >= 4 is 17.5 Å². The first-order chi connectivity index (χ1) is 11.6. The number of para-hydroxylation sites is 1. The van der Waals surface area contributed by atoms with Gasteiger partial charge in [0.2, 0.25) is 0 Å². The van der Waals surface area contributed by atoms with Crippen molar-refractivity contribution in [3.05, 3.63) is 48.4 Å². The number of piperidine rings is 1. The van der Waals surface area contributed by atoms with Crippen LogP contribution < -0.4 is 10.2 Å². The van der Waals surface area contributed by atoms with E-state index in [2.05, 4.69) is 27.2 Å². The Kier molecular flexibility index (Phi) is 4.93. The number of aromatic nitrogens is 2. The lowest BCUT2D eigenvalue weighted by atomic mass is 10.0. The number of likely N-dealkylation sites (tertiary alicyclic amines) is 1. The maximum atomic E-state index is 12.3. The fourth-order valence-electron chi connectivity index (χ4n) is 3.00. The normalized spacial score (nSPS) is 15.2. The van der Waals surface area contributed by atoms with Crippen LogP contribution in [0, 0.1) is 6.92 Å².